The van der Waals surface area contributed by atoms with E-state index in [-0.39, 0.29) is 23.6 Å². The van der Waals surface area contributed by atoms with Gasteiger partial charge in [-0.15, -0.1) is 0 Å². The Kier molecular flexibility index (Phi) is 9.86. The molecule has 0 aromatic heterocycles. The topological polar surface area (TPSA) is 82.1 Å². The Morgan fingerprint density at radius 3 is 2.05 bits per heavy atom. The molecule has 6 heteroatoms. The summed E-state index contributed by atoms with van der Waals surface area (Å²) in [6.45, 7) is 9.77. The van der Waals surface area contributed by atoms with Gasteiger partial charge >= 0.3 is 5.97 Å². The van der Waals surface area contributed by atoms with Crippen molar-refractivity contribution in [1.29, 1.82) is 0 Å². The van der Waals surface area contributed by atoms with Crippen LogP contribution in [0.1, 0.15) is 74.6 Å². The molecule has 6 nitrogen and oxygen atoms in total. The maximum atomic E-state index is 12.6. The van der Waals surface area contributed by atoms with Gasteiger partial charge in [0, 0.05) is 5.92 Å². The average molecular weight is 505 g/mol. The van der Waals surface area contributed by atoms with E-state index in [0.717, 1.165) is 24.0 Å². The highest BCUT2D eigenvalue weighted by molar-refractivity contribution is 6.00. The second kappa shape index (κ2) is 13.1. The van der Waals surface area contributed by atoms with Crippen molar-refractivity contribution in [2.75, 3.05) is 0 Å². The van der Waals surface area contributed by atoms with E-state index in [2.05, 4.69) is 6.92 Å². The normalized spacial score (nSPS) is 13.4. The molecule has 3 rings (SSSR count). The lowest BCUT2D eigenvalue weighted by molar-refractivity contribution is -0.103. The summed E-state index contributed by atoms with van der Waals surface area (Å²) in [5.74, 6) is 0.267. The summed E-state index contributed by atoms with van der Waals surface area (Å²) in [4.78, 5) is 25.0. The molecule has 196 valence electrons. The number of phenols is 1. The summed E-state index contributed by atoms with van der Waals surface area (Å²) in [5.41, 5.74) is 2.31. The molecule has 0 aliphatic heterocycles. The Morgan fingerprint density at radius 2 is 1.46 bits per heavy atom. The molecule has 0 spiro atoms. The summed E-state index contributed by atoms with van der Waals surface area (Å²) in [6.07, 6.45) is 2.45. The van der Waals surface area contributed by atoms with Crippen molar-refractivity contribution in [3.8, 4) is 28.4 Å². The maximum Gasteiger partial charge on any atom is 0.343 e. The molecule has 0 fully saturated rings. The largest absolute Gasteiger partial charge is 0.507 e. The number of carbonyl (C=O) groups is 2. The van der Waals surface area contributed by atoms with Crippen LogP contribution < -0.4 is 9.47 Å². The van der Waals surface area contributed by atoms with Crippen LogP contribution in [0.4, 0.5) is 0 Å². The number of ketones is 1. The van der Waals surface area contributed by atoms with Crippen LogP contribution in [0.25, 0.3) is 11.1 Å². The summed E-state index contributed by atoms with van der Waals surface area (Å²) in [6, 6.07) is 18.7. The van der Waals surface area contributed by atoms with Gasteiger partial charge < -0.3 is 19.3 Å². The highest BCUT2D eigenvalue weighted by atomic mass is 16.7. The van der Waals surface area contributed by atoms with Gasteiger partial charge in [-0.05, 0) is 86.3 Å². The zero-order chi connectivity index (χ0) is 26.9. The second-order valence-electron chi connectivity index (χ2n) is 9.26. The molecule has 3 aromatic rings. The molecule has 1 N–H and O–H groups in total. The molecule has 0 radical (unpaired) electrons. The van der Waals surface area contributed by atoms with Crippen LogP contribution in [-0.4, -0.2) is 29.3 Å². The van der Waals surface area contributed by atoms with E-state index >= 15 is 0 Å². The fourth-order valence-electron chi connectivity index (χ4n) is 3.94. The van der Waals surface area contributed by atoms with Crippen LogP contribution in [0.3, 0.4) is 0 Å². The first-order valence-corrected chi connectivity index (χ1v) is 12.8. The highest BCUT2D eigenvalue weighted by Gasteiger charge is 2.18. The van der Waals surface area contributed by atoms with Crippen molar-refractivity contribution in [2.24, 2.45) is 5.92 Å². The monoisotopic (exact) mass is 504 g/mol. The first kappa shape index (κ1) is 27.9. The predicted molar refractivity (Wildman–Crippen MR) is 144 cm³/mol. The Morgan fingerprint density at radius 1 is 0.838 bits per heavy atom. The Labute approximate surface area is 219 Å². The Bertz CT molecular complexity index is 1180. The van der Waals surface area contributed by atoms with E-state index < -0.39 is 12.3 Å². The first-order valence-electron chi connectivity index (χ1n) is 12.8. The lowest BCUT2D eigenvalue weighted by Gasteiger charge is -2.20. The van der Waals surface area contributed by atoms with Crippen molar-refractivity contribution in [3.05, 3.63) is 77.9 Å². The Balaban J connectivity index is 1.60. The number of esters is 1. The Hall–Kier alpha value is -3.64. The highest BCUT2D eigenvalue weighted by Crippen LogP contribution is 2.30. The molecule has 3 aromatic carbocycles. The van der Waals surface area contributed by atoms with E-state index in [1.807, 2.05) is 27.7 Å². The van der Waals surface area contributed by atoms with Gasteiger partial charge in [0.25, 0.3) is 0 Å². The molecule has 3 atom stereocenters. The zero-order valence-corrected chi connectivity index (χ0v) is 22.2. The molecule has 37 heavy (non-hydrogen) atoms. The van der Waals surface area contributed by atoms with Crippen LogP contribution in [0.15, 0.2) is 66.7 Å². The third kappa shape index (κ3) is 7.67. The molecule has 0 amide bonds. The summed E-state index contributed by atoms with van der Waals surface area (Å²) in [7, 11) is 0. The summed E-state index contributed by atoms with van der Waals surface area (Å²) < 4.78 is 17.1. The molecule has 0 saturated heterocycles. The molecule has 0 aliphatic rings. The molecular weight excluding hydrogens is 468 g/mol. The maximum absolute atomic E-state index is 12.6. The minimum Gasteiger partial charge on any atom is -0.507 e. The number of hydrogen-bond donors (Lipinski definition) is 1. The van der Waals surface area contributed by atoms with Crippen molar-refractivity contribution in [2.45, 2.75) is 66.3 Å². The fourth-order valence-corrected chi connectivity index (χ4v) is 3.94. The fraction of sp³-hybridized carbons (Fsp3) is 0.355. The first-order chi connectivity index (χ1) is 17.7. The molecule has 0 heterocycles. The predicted octanol–water partition coefficient (Wildman–Crippen LogP) is 7.44. The molecule has 0 bridgehead atoms. The van der Waals surface area contributed by atoms with Gasteiger partial charge in [0.15, 0.2) is 12.1 Å². The lowest BCUT2D eigenvalue weighted by atomic mass is 9.94. The van der Waals surface area contributed by atoms with Crippen molar-refractivity contribution in [1.82, 2.24) is 0 Å². The lowest BCUT2D eigenvalue weighted by Crippen LogP contribution is -2.22. The minimum absolute atomic E-state index is 0.0397. The van der Waals surface area contributed by atoms with Gasteiger partial charge in [-0.1, -0.05) is 45.4 Å². The number of carbonyl (C=O) groups excluding carboxylic acids is 2. The zero-order valence-electron chi connectivity index (χ0n) is 22.2. The number of Topliss-reactive ketones (excluding diaryl/α,β-unsaturated/α-hetero) is 1. The van der Waals surface area contributed by atoms with E-state index in [1.54, 1.807) is 66.7 Å². The number of benzene rings is 3. The van der Waals surface area contributed by atoms with Gasteiger partial charge in [-0.25, -0.2) is 4.79 Å². The smallest absolute Gasteiger partial charge is 0.343 e. The van der Waals surface area contributed by atoms with E-state index in [4.69, 9.17) is 14.2 Å². The SMILES string of the molecule is CCC[C@H](C)O[C@H](C)Oc1ccc(C(=O)Oc2ccc(-c3ccc(C(=O)C(C)CC)c(O)c3)cc2)cc1. The van der Waals surface area contributed by atoms with Crippen molar-refractivity contribution in [3.63, 3.8) is 0 Å². The molecule has 0 aliphatic carbocycles. The van der Waals surface area contributed by atoms with Gasteiger partial charge in [-0.2, -0.15) is 0 Å². The van der Waals surface area contributed by atoms with Crippen LogP contribution in [0.2, 0.25) is 0 Å². The van der Waals surface area contributed by atoms with Gasteiger partial charge in [0.1, 0.15) is 17.2 Å². The standard InChI is InChI=1S/C31H36O6/c1-6-8-21(4)35-22(5)36-26-16-11-24(12-17-26)31(34)37-27-14-9-23(10-15-27)25-13-18-28(29(32)19-25)30(33)20(3)7-2/h9-22,32H,6-8H2,1-5H3/t20?,21-,22-/m0/s1. The third-order valence-corrected chi connectivity index (χ3v) is 6.23. The van der Waals surface area contributed by atoms with E-state index in [0.29, 0.717) is 29.0 Å². The van der Waals surface area contributed by atoms with Gasteiger partial charge in [0.05, 0.1) is 17.2 Å². The van der Waals surface area contributed by atoms with Crippen molar-refractivity contribution >= 4 is 11.8 Å². The van der Waals surface area contributed by atoms with Crippen LogP contribution in [-0.2, 0) is 4.74 Å². The number of hydrogen-bond acceptors (Lipinski definition) is 6. The van der Waals surface area contributed by atoms with Crippen LogP contribution in [0.5, 0.6) is 17.2 Å². The van der Waals surface area contributed by atoms with Crippen LogP contribution >= 0.6 is 0 Å². The average Bonchev–Trinajstić information content (AvgIpc) is 2.88. The number of aromatic hydroxyl groups is 1. The van der Waals surface area contributed by atoms with Crippen LogP contribution in [0, 0.1) is 5.92 Å². The number of rotatable bonds is 12. The van der Waals surface area contributed by atoms with Crippen molar-refractivity contribution < 1.29 is 28.9 Å². The molecule has 1 unspecified atom stereocenters. The quantitative estimate of drug-likeness (QED) is 0.119. The molecular formula is C31H36O6. The number of ether oxygens (including phenoxy) is 3. The van der Waals surface area contributed by atoms with Gasteiger partial charge in [-0.3, -0.25) is 4.79 Å². The minimum atomic E-state index is -0.481. The number of phenolic OH excluding ortho intramolecular Hbond substituents is 1. The van der Waals surface area contributed by atoms with Gasteiger partial charge in [0.2, 0.25) is 0 Å². The summed E-state index contributed by atoms with van der Waals surface area (Å²) in [5, 5.41) is 10.4. The second-order valence-corrected chi connectivity index (χ2v) is 9.26. The summed E-state index contributed by atoms with van der Waals surface area (Å²) >= 11 is 0. The van der Waals surface area contributed by atoms with E-state index in [9.17, 15) is 14.7 Å². The van der Waals surface area contributed by atoms with E-state index in [1.165, 1.54) is 0 Å². The third-order valence-electron chi connectivity index (χ3n) is 6.23. The molecule has 0 saturated carbocycles.